The first-order valence-electron chi connectivity index (χ1n) is 7.56. The highest BCUT2D eigenvalue weighted by atomic mass is 35.5. The number of benzene rings is 1. The summed E-state index contributed by atoms with van der Waals surface area (Å²) in [5.74, 6) is 0.753. The molecule has 0 aliphatic heterocycles. The van der Waals surface area contributed by atoms with Crippen molar-refractivity contribution in [3.63, 3.8) is 0 Å². The van der Waals surface area contributed by atoms with Gasteiger partial charge in [0, 0.05) is 6.08 Å². The van der Waals surface area contributed by atoms with Crippen LogP contribution in [0.4, 0.5) is 5.69 Å². The van der Waals surface area contributed by atoms with E-state index in [4.69, 9.17) is 21.1 Å². The van der Waals surface area contributed by atoms with Crippen LogP contribution in [-0.4, -0.2) is 30.9 Å². The van der Waals surface area contributed by atoms with Gasteiger partial charge in [-0.25, -0.2) is 4.98 Å². The molecule has 5 nitrogen and oxygen atoms in total. The number of nitrogens with one attached hydrogen (secondary N) is 1. The summed E-state index contributed by atoms with van der Waals surface area (Å²) in [6.07, 6.45) is 6.65. The van der Waals surface area contributed by atoms with Gasteiger partial charge in [0.25, 0.3) is 0 Å². The Morgan fingerprint density at radius 3 is 2.80 bits per heavy atom. The lowest BCUT2D eigenvalue weighted by molar-refractivity contribution is -0.111. The zero-order valence-electron chi connectivity index (χ0n) is 14.2. The summed E-state index contributed by atoms with van der Waals surface area (Å²) >= 11 is 7.74. The maximum atomic E-state index is 12.0. The van der Waals surface area contributed by atoms with Crippen LogP contribution in [0.25, 0.3) is 6.08 Å². The first-order valence-corrected chi connectivity index (χ1v) is 9.17. The number of rotatable bonds is 7. The third kappa shape index (κ3) is 5.41. The highest BCUT2D eigenvalue weighted by Crippen LogP contribution is 2.36. The molecular weight excluding hydrogens is 360 g/mol. The van der Waals surface area contributed by atoms with E-state index in [1.807, 2.05) is 25.3 Å². The number of halogens is 1. The predicted molar refractivity (Wildman–Crippen MR) is 103 cm³/mol. The number of nitrogens with zero attached hydrogens (tertiary/aromatic N) is 1. The molecule has 1 amide bonds. The van der Waals surface area contributed by atoms with Gasteiger partial charge in [0.05, 0.1) is 35.6 Å². The van der Waals surface area contributed by atoms with Gasteiger partial charge in [-0.15, -0.1) is 11.8 Å². The molecule has 0 bridgehead atoms. The number of amides is 1. The molecule has 1 N–H and O–H groups in total. The van der Waals surface area contributed by atoms with Crippen molar-refractivity contribution in [2.75, 3.05) is 25.3 Å². The standard InChI is InChI=1S/C18H19ClN2O3S/c1-4-24-15-10-12(9-14(19)18(15)23-2)5-7-16(22)21-13-6-8-17(25-3)20-11-13/h5-11H,4H2,1-3H3,(H,21,22)/b7-5+. The highest BCUT2D eigenvalue weighted by Gasteiger charge is 2.10. The molecule has 1 aromatic carbocycles. The van der Waals surface area contributed by atoms with Gasteiger partial charge in [0.2, 0.25) is 5.91 Å². The number of hydrogen-bond acceptors (Lipinski definition) is 5. The minimum absolute atomic E-state index is 0.261. The largest absolute Gasteiger partial charge is 0.491 e. The molecule has 132 valence electrons. The fourth-order valence-corrected chi connectivity index (χ4v) is 2.73. The van der Waals surface area contributed by atoms with Gasteiger partial charge in [-0.05, 0) is 49.1 Å². The number of pyridine rings is 1. The van der Waals surface area contributed by atoms with Crippen LogP contribution in [0.5, 0.6) is 11.5 Å². The quantitative estimate of drug-likeness (QED) is 0.567. The normalized spacial score (nSPS) is 10.7. The molecule has 0 radical (unpaired) electrons. The van der Waals surface area contributed by atoms with Gasteiger partial charge < -0.3 is 14.8 Å². The first-order chi connectivity index (χ1) is 12.1. The molecule has 1 heterocycles. The summed E-state index contributed by atoms with van der Waals surface area (Å²) in [5, 5.41) is 4.07. The van der Waals surface area contributed by atoms with Crippen molar-refractivity contribution in [3.05, 3.63) is 47.1 Å². The zero-order chi connectivity index (χ0) is 18.2. The van der Waals surface area contributed by atoms with Crippen LogP contribution in [0.2, 0.25) is 5.02 Å². The summed E-state index contributed by atoms with van der Waals surface area (Å²) in [5.41, 5.74) is 1.37. The van der Waals surface area contributed by atoms with Crippen molar-refractivity contribution in [1.29, 1.82) is 0 Å². The Kier molecular flexibility index (Phi) is 7.16. The number of thioether (sulfide) groups is 1. The fourth-order valence-electron chi connectivity index (χ4n) is 2.08. The Hall–Kier alpha value is -2.18. The number of ether oxygens (including phenoxy) is 2. The van der Waals surface area contributed by atoms with Crippen molar-refractivity contribution >= 4 is 41.0 Å². The van der Waals surface area contributed by atoms with E-state index >= 15 is 0 Å². The lowest BCUT2D eigenvalue weighted by Gasteiger charge is -2.11. The van der Waals surface area contributed by atoms with Crippen molar-refractivity contribution < 1.29 is 14.3 Å². The number of hydrogen-bond donors (Lipinski definition) is 1. The van der Waals surface area contributed by atoms with Crippen LogP contribution in [0.1, 0.15) is 12.5 Å². The molecule has 0 spiro atoms. The molecule has 7 heteroatoms. The Morgan fingerprint density at radius 1 is 1.40 bits per heavy atom. The van der Waals surface area contributed by atoms with Gasteiger partial charge in [-0.2, -0.15) is 0 Å². The SMILES string of the molecule is CCOc1cc(/C=C/C(=O)Nc2ccc(SC)nc2)cc(Cl)c1OC. The van der Waals surface area contributed by atoms with Gasteiger partial charge in [0.1, 0.15) is 0 Å². The predicted octanol–water partition coefficient (Wildman–Crippen LogP) is 4.52. The Labute approximate surface area is 156 Å². The molecule has 0 aliphatic rings. The van der Waals surface area contributed by atoms with Crippen molar-refractivity contribution in [3.8, 4) is 11.5 Å². The van der Waals surface area contributed by atoms with Crippen LogP contribution in [0.3, 0.4) is 0 Å². The van der Waals surface area contributed by atoms with Gasteiger partial charge >= 0.3 is 0 Å². The van der Waals surface area contributed by atoms with Crippen molar-refractivity contribution in [1.82, 2.24) is 4.98 Å². The molecule has 0 saturated carbocycles. The van der Waals surface area contributed by atoms with Crippen LogP contribution in [-0.2, 0) is 4.79 Å². The summed E-state index contributed by atoms with van der Waals surface area (Å²) in [7, 11) is 1.53. The molecule has 0 unspecified atom stereocenters. The van der Waals surface area contributed by atoms with E-state index in [0.29, 0.717) is 28.8 Å². The van der Waals surface area contributed by atoms with Gasteiger partial charge in [-0.3, -0.25) is 4.79 Å². The van der Waals surface area contributed by atoms with Crippen LogP contribution < -0.4 is 14.8 Å². The third-order valence-electron chi connectivity index (χ3n) is 3.18. The second-order valence-corrected chi connectivity index (χ2v) is 6.11. The van der Waals surface area contributed by atoms with E-state index < -0.39 is 0 Å². The molecule has 0 saturated heterocycles. The second kappa shape index (κ2) is 9.34. The van der Waals surface area contributed by atoms with E-state index in [2.05, 4.69) is 10.3 Å². The van der Waals surface area contributed by atoms with Crippen molar-refractivity contribution in [2.45, 2.75) is 11.9 Å². The number of anilines is 1. The summed E-state index contributed by atoms with van der Waals surface area (Å²) in [4.78, 5) is 16.2. The molecule has 0 fully saturated rings. The minimum Gasteiger partial charge on any atom is -0.491 e. The summed E-state index contributed by atoms with van der Waals surface area (Å²) < 4.78 is 10.8. The smallest absolute Gasteiger partial charge is 0.248 e. The minimum atomic E-state index is -0.261. The maximum Gasteiger partial charge on any atom is 0.248 e. The topological polar surface area (TPSA) is 60.5 Å². The number of methoxy groups -OCH3 is 1. The monoisotopic (exact) mass is 378 g/mol. The summed E-state index contributed by atoms with van der Waals surface area (Å²) in [6, 6.07) is 7.14. The average molecular weight is 379 g/mol. The van der Waals surface area contributed by atoms with E-state index in [-0.39, 0.29) is 5.91 Å². The fraction of sp³-hybridized carbons (Fsp3) is 0.222. The molecule has 0 atom stereocenters. The molecule has 2 aromatic rings. The molecule has 0 aliphatic carbocycles. The molecule has 25 heavy (non-hydrogen) atoms. The van der Waals surface area contributed by atoms with Gasteiger partial charge in [-0.1, -0.05) is 11.6 Å². The highest BCUT2D eigenvalue weighted by molar-refractivity contribution is 7.98. The Balaban J connectivity index is 2.10. The van der Waals surface area contributed by atoms with Gasteiger partial charge in [0.15, 0.2) is 11.5 Å². The third-order valence-corrected chi connectivity index (χ3v) is 4.12. The van der Waals surface area contributed by atoms with Crippen LogP contribution in [0, 0.1) is 0 Å². The van der Waals surface area contributed by atoms with E-state index in [0.717, 1.165) is 10.6 Å². The lowest BCUT2D eigenvalue weighted by Crippen LogP contribution is -2.07. The molecule has 1 aromatic heterocycles. The van der Waals surface area contributed by atoms with Crippen molar-refractivity contribution in [2.24, 2.45) is 0 Å². The maximum absolute atomic E-state index is 12.0. The number of carbonyl (C=O) groups is 1. The zero-order valence-corrected chi connectivity index (χ0v) is 15.8. The lowest BCUT2D eigenvalue weighted by atomic mass is 10.2. The van der Waals surface area contributed by atoms with E-state index in [9.17, 15) is 4.79 Å². The Morgan fingerprint density at radius 2 is 2.20 bits per heavy atom. The van der Waals surface area contributed by atoms with E-state index in [1.165, 1.54) is 13.2 Å². The average Bonchev–Trinajstić information content (AvgIpc) is 2.61. The molecular formula is C18H19ClN2O3S. The second-order valence-electron chi connectivity index (χ2n) is 4.88. The van der Waals surface area contributed by atoms with Crippen LogP contribution in [0.15, 0.2) is 41.6 Å². The van der Waals surface area contributed by atoms with Crippen LogP contribution >= 0.6 is 23.4 Å². The Bertz CT molecular complexity index is 764. The summed E-state index contributed by atoms with van der Waals surface area (Å²) in [6.45, 7) is 2.36. The first kappa shape index (κ1) is 19.1. The molecule has 2 rings (SSSR count). The number of carbonyl (C=O) groups excluding carboxylic acids is 1. The number of aromatic nitrogens is 1. The van der Waals surface area contributed by atoms with E-state index in [1.54, 1.807) is 36.2 Å².